The predicted molar refractivity (Wildman–Crippen MR) is 62.3 cm³/mol. The zero-order valence-corrected chi connectivity index (χ0v) is 10.2. The van der Waals surface area contributed by atoms with Gasteiger partial charge in [-0.25, -0.2) is 0 Å². The molecule has 1 rings (SSSR count). The number of hydrogen-bond acceptors (Lipinski definition) is 2. The lowest BCUT2D eigenvalue weighted by Gasteiger charge is -2.43. The summed E-state index contributed by atoms with van der Waals surface area (Å²) in [6, 6.07) is 1.60. The van der Waals surface area contributed by atoms with Crippen molar-refractivity contribution in [2.75, 3.05) is 6.54 Å². The molecule has 1 fully saturated rings. The Bertz CT molecular complexity index is 166. The SMILES string of the molecule is CC(C)C(C)N1CCCCC1C(C)N. The molecule has 14 heavy (non-hydrogen) atoms. The summed E-state index contributed by atoms with van der Waals surface area (Å²) < 4.78 is 0. The van der Waals surface area contributed by atoms with Crippen LogP contribution in [0.5, 0.6) is 0 Å². The minimum Gasteiger partial charge on any atom is -0.327 e. The van der Waals surface area contributed by atoms with Gasteiger partial charge in [0.05, 0.1) is 0 Å². The minimum atomic E-state index is 0.316. The lowest BCUT2D eigenvalue weighted by atomic mass is 9.92. The van der Waals surface area contributed by atoms with Crippen LogP contribution in [-0.4, -0.2) is 29.6 Å². The van der Waals surface area contributed by atoms with Crippen LogP contribution in [0.1, 0.15) is 47.0 Å². The van der Waals surface area contributed by atoms with E-state index in [0.29, 0.717) is 18.1 Å². The lowest BCUT2D eigenvalue weighted by Crippen LogP contribution is -2.53. The van der Waals surface area contributed by atoms with Crippen molar-refractivity contribution < 1.29 is 0 Å². The molecule has 2 heteroatoms. The molecular weight excluding hydrogens is 172 g/mol. The van der Waals surface area contributed by atoms with Crippen LogP contribution in [0.3, 0.4) is 0 Å². The normalized spacial score (nSPS) is 29.1. The molecule has 0 saturated carbocycles. The molecule has 0 aromatic heterocycles. The fraction of sp³-hybridized carbons (Fsp3) is 1.00. The molecule has 2 N–H and O–H groups in total. The Hall–Kier alpha value is -0.0800. The third kappa shape index (κ3) is 2.71. The molecule has 0 aromatic rings. The van der Waals surface area contributed by atoms with E-state index in [1.54, 1.807) is 0 Å². The molecule has 0 amide bonds. The highest BCUT2D eigenvalue weighted by Gasteiger charge is 2.29. The fourth-order valence-electron chi connectivity index (χ4n) is 2.43. The molecule has 1 saturated heterocycles. The van der Waals surface area contributed by atoms with Crippen LogP contribution in [0.15, 0.2) is 0 Å². The van der Waals surface area contributed by atoms with Gasteiger partial charge >= 0.3 is 0 Å². The number of hydrogen-bond donors (Lipinski definition) is 1. The summed E-state index contributed by atoms with van der Waals surface area (Å²) in [5, 5.41) is 0. The van der Waals surface area contributed by atoms with Crippen molar-refractivity contribution in [2.45, 2.75) is 65.1 Å². The number of nitrogens with zero attached hydrogens (tertiary/aromatic N) is 1. The first-order chi connectivity index (χ1) is 6.54. The molecule has 2 nitrogen and oxygen atoms in total. The zero-order chi connectivity index (χ0) is 10.7. The van der Waals surface area contributed by atoms with E-state index in [-0.39, 0.29) is 0 Å². The van der Waals surface area contributed by atoms with Crippen LogP contribution < -0.4 is 5.73 Å². The molecule has 1 heterocycles. The summed E-state index contributed by atoms with van der Waals surface area (Å²) in [6.45, 7) is 10.3. The van der Waals surface area contributed by atoms with Crippen LogP contribution >= 0.6 is 0 Å². The van der Waals surface area contributed by atoms with E-state index in [9.17, 15) is 0 Å². The van der Waals surface area contributed by atoms with E-state index in [4.69, 9.17) is 5.73 Å². The van der Waals surface area contributed by atoms with Gasteiger partial charge in [0.25, 0.3) is 0 Å². The fourth-order valence-corrected chi connectivity index (χ4v) is 2.43. The molecular formula is C12H26N2. The Labute approximate surface area is 88.8 Å². The molecule has 3 atom stereocenters. The van der Waals surface area contributed by atoms with Gasteiger partial charge in [-0.05, 0) is 39.2 Å². The Balaban J connectivity index is 2.62. The van der Waals surface area contributed by atoms with Crippen molar-refractivity contribution in [3.63, 3.8) is 0 Å². The molecule has 0 aromatic carbocycles. The predicted octanol–water partition coefficient (Wildman–Crippen LogP) is 2.23. The highest BCUT2D eigenvalue weighted by Crippen LogP contribution is 2.24. The summed E-state index contributed by atoms with van der Waals surface area (Å²) in [6.07, 6.45) is 3.99. The molecule has 1 aliphatic rings. The van der Waals surface area contributed by atoms with E-state index in [1.165, 1.54) is 25.8 Å². The molecule has 0 radical (unpaired) electrons. The van der Waals surface area contributed by atoms with Gasteiger partial charge in [-0.1, -0.05) is 20.3 Å². The summed E-state index contributed by atoms with van der Waals surface area (Å²) in [7, 11) is 0. The Kier molecular flexibility index (Phi) is 4.39. The first kappa shape index (κ1) is 12.0. The summed E-state index contributed by atoms with van der Waals surface area (Å²) >= 11 is 0. The van der Waals surface area contributed by atoms with Crippen LogP contribution in [0.4, 0.5) is 0 Å². The molecule has 0 spiro atoms. The van der Waals surface area contributed by atoms with Crippen molar-refractivity contribution in [3.8, 4) is 0 Å². The molecule has 0 aliphatic carbocycles. The maximum atomic E-state index is 6.05. The highest BCUT2D eigenvalue weighted by molar-refractivity contribution is 4.86. The van der Waals surface area contributed by atoms with Gasteiger partial charge in [-0.3, -0.25) is 4.90 Å². The number of piperidine rings is 1. The second-order valence-electron chi connectivity index (χ2n) is 5.14. The Morgan fingerprint density at radius 1 is 1.14 bits per heavy atom. The highest BCUT2D eigenvalue weighted by atomic mass is 15.2. The maximum absolute atomic E-state index is 6.05. The molecule has 3 unspecified atom stereocenters. The van der Waals surface area contributed by atoms with Gasteiger partial charge in [0.1, 0.15) is 0 Å². The number of rotatable bonds is 3. The third-order valence-electron chi connectivity index (χ3n) is 3.69. The number of likely N-dealkylation sites (tertiary alicyclic amines) is 1. The average molecular weight is 198 g/mol. The first-order valence-corrected chi connectivity index (χ1v) is 6.05. The summed E-state index contributed by atoms with van der Waals surface area (Å²) in [5.41, 5.74) is 6.05. The maximum Gasteiger partial charge on any atom is 0.0247 e. The van der Waals surface area contributed by atoms with Crippen LogP contribution in [0.25, 0.3) is 0 Å². The monoisotopic (exact) mass is 198 g/mol. The van der Waals surface area contributed by atoms with E-state index in [2.05, 4.69) is 32.6 Å². The van der Waals surface area contributed by atoms with E-state index in [0.717, 1.165) is 5.92 Å². The first-order valence-electron chi connectivity index (χ1n) is 6.05. The quantitative estimate of drug-likeness (QED) is 0.753. The van der Waals surface area contributed by atoms with Crippen LogP contribution in [0, 0.1) is 5.92 Å². The van der Waals surface area contributed by atoms with Crippen molar-refractivity contribution in [2.24, 2.45) is 11.7 Å². The minimum absolute atomic E-state index is 0.316. The van der Waals surface area contributed by atoms with Crippen molar-refractivity contribution in [3.05, 3.63) is 0 Å². The van der Waals surface area contributed by atoms with Crippen molar-refractivity contribution in [1.82, 2.24) is 4.90 Å². The topological polar surface area (TPSA) is 29.3 Å². The standard InChI is InChI=1S/C12H26N2/c1-9(2)11(4)14-8-6-5-7-12(14)10(3)13/h9-12H,5-8,13H2,1-4H3. The summed E-state index contributed by atoms with van der Waals surface area (Å²) in [5.74, 6) is 0.731. The second-order valence-corrected chi connectivity index (χ2v) is 5.14. The van der Waals surface area contributed by atoms with Crippen molar-refractivity contribution >= 4 is 0 Å². The Morgan fingerprint density at radius 2 is 1.79 bits per heavy atom. The average Bonchev–Trinajstić information content (AvgIpc) is 2.16. The van der Waals surface area contributed by atoms with E-state index < -0.39 is 0 Å². The molecule has 0 bridgehead atoms. The van der Waals surface area contributed by atoms with Crippen LogP contribution in [0.2, 0.25) is 0 Å². The van der Waals surface area contributed by atoms with Crippen LogP contribution in [-0.2, 0) is 0 Å². The van der Waals surface area contributed by atoms with Crippen molar-refractivity contribution in [1.29, 1.82) is 0 Å². The molecule has 1 aliphatic heterocycles. The Morgan fingerprint density at radius 3 is 2.29 bits per heavy atom. The zero-order valence-electron chi connectivity index (χ0n) is 10.2. The van der Waals surface area contributed by atoms with Gasteiger partial charge in [-0.2, -0.15) is 0 Å². The summed E-state index contributed by atoms with van der Waals surface area (Å²) in [4.78, 5) is 2.62. The van der Waals surface area contributed by atoms with E-state index in [1.807, 2.05) is 0 Å². The largest absolute Gasteiger partial charge is 0.327 e. The van der Waals surface area contributed by atoms with Gasteiger partial charge in [0.15, 0.2) is 0 Å². The second kappa shape index (κ2) is 5.13. The lowest BCUT2D eigenvalue weighted by molar-refractivity contribution is 0.0673. The van der Waals surface area contributed by atoms with E-state index >= 15 is 0 Å². The third-order valence-corrected chi connectivity index (χ3v) is 3.69. The van der Waals surface area contributed by atoms with Gasteiger partial charge in [0, 0.05) is 18.1 Å². The van der Waals surface area contributed by atoms with Gasteiger partial charge in [0.2, 0.25) is 0 Å². The number of nitrogens with two attached hydrogens (primary N) is 1. The van der Waals surface area contributed by atoms with Gasteiger partial charge < -0.3 is 5.73 Å². The van der Waals surface area contributed by atoms with Gasteiger partial charge in [-0.15, -0.1) is 0 Å². The molecule has 84 valence electrons. The smallest absolute Gasteiger partial charge is 0.0247 e.